The van der Waals surface area contributed by atoms with E-state index in [-0.39, 0.29) is 12.1 Å². The molecule has 118 valence electrons. The highest BCUT2D eigenvalue weighted by Crippen LogP contribution is 2.39. The van der Waals surface area contributed by atoms with E-state index < -0.39 is 0 Å². The standard InChI is InChI=1S/C16H33N3O/c1-5-17-15(13-20)10-7-14(11-15)19(4)12-16(18(2)3)8-6-9-16/h14,17,20H,5-13H2,1-4H3. The molecule has 20 heavy (non-hydrogen) atoms. The van der Waals surface area contributed by atoms with Gasteiger partial charge in [0.25, 0.3) is 0 Å². The summed E-state index contributed by atoms with van der Waals surface area (Å²) in [4.78, 5) is 4.97. The molecule has 2 atom stereocenters. The van der Waals surface area contributed by atoms with Crippen molar-refractivity contribution in [1.82, 2.24) is 15.1 Å². The Morgan fingerprint density at radius 2 is 1.90 bits per heavy atom. The lowest BCUT2D eigenvalue weighted by Crippen LogP contribution is -2.58. The monoisotopic (exact) mass is 283 g/mol. The van der Waals surface area contributed by atoms with Gasteiger partial charge in [0, 0.05) is 23.7 Å². The SMILES string of the molecule is CCNC1(CO)CCC(N(C)CC2(N(C)C)CCC2)C1. The summed E-state index contributed by atoms with van der Waals surface area (Å²) >= 11 is 0. The Bertz CT molecular complexity index is 317. The van der Waals surface area contributed by atoms with Crippen LogP contribution in [0.5, 0.6) is 0 Å². The van der Waals surface area contributed by atoms with E-state index >= 15 is 0 Å². The van der Waals surface area contributed by atoms with Gasteiger partial charge in [0.05, 0.1) is 6.61 Å². The Morgan fingerprint density at radius 3 is 2.35 bits per heavy atom. The molecule has 0 saturated heterocycles. The molecule has 2 unspecified atom stereocenters. The Morgan fingerprint density at radius 1 is 1.20 bits per heavy atom. The fourth-order valence-electron chi connectivity index (χ4n) is 4.13. The summed E-state index contributed by atoms with van der Waals surface area (Å²) in [7, 11) is 6.71. The van der Waals surface area contributed by atoms with Crippen molar-refractivity contribution >= 4 is 0 Å². The average molecular weight is 283 g/mol. The molecule has 0 spiro atoms. The fourth-order valence-corrected chi connectivity index (χ4v) is 4.13. The summed E-state index contributed by atoms with van der Waals surface area (Å²) in [5.41, 5.74) is 0.371. The maximum atomic E-state index is 9.74. The first kappa shape index (κ1) is 16.2. The van der Waals surface area contributed by atoms with Crippen LogP contribution >= 0.6 is 0 Å². The van der Waals surface area contributed by atoms with Crippen LogP contribution in [0, 0.1) is 0 Å². The van der Waals surface area contributed by atoms with E-state index in [1.54, 1.807) is 0 Å². The summed E-state index contributed by atoms with van der Waals surface area (Å²) in [6.45, 7) is 4.50. The zero-order valence-corrected chi connectivity index (χ0v) is 13.8. The molecule has 2 N–H and O–H groups in total. The van der Waals surface area contributed by atoms with Crippen LogP contribution in [0.4, 0.5) is 0 Å². The minimum atomic E-state index is -0.0292. The largest absolute Gasteiger partial charge is 0.394 e. The molecule has 2 aliphatic carbocycles. The van der Waals surface area contributed by atoms with Gasteiger partial charge < -0.3 is 20.2 Å². The molecular weight excluding hydrogens is 250 g/mol. The first-order valence-electron chi connectivity index (χ1n) is 8.20. The maximum Gasteiger partial charge on any atom is 0.0613 e. The zero-order chi connectivity index (χ0) is 14.8. The molecule has 0 heterocycles. The number of aliphatic hydroxyl groups excluding tert-OH is 1. The lowest BCUT2D eigenvalue weighted by atomic mass is 9.75. The van der Waals surface area contributed by atoms with Gasteiger partial charge in [-0.1, -0.05) is 6.92 Å². The molecule has 2 saturated carbocycles. The minimum Gasteiger partial charge on any atom is -0.394 e. The summed E-state index contributed by atoms with van der Waals surface area (Å²) in [5.74, 6) is 0. The number of nitrogens with zero attached hydrogens (tertiary/aromatic N) is 2. The highest BCUT2D eigenvalue weighted by molar-refractivity contribution is 5.02. The van der Waals surface area contributed by atoms with E-state index in [4.69, 9.17) is 0 Å². The summed E-state index contributed by atoms with van der Waals surface area (Å²) < 4.78 is 0. The van der Waals surface area contributed by atoms with E-state index in [0.29, 0.717) is 11.6 Å². The van der Waals surface area contributed by atoms with E-state index in [2.05, 4.69) is 43.2 Å². The van der Waals surface area contributed by atoms with Gasteiger partial charge in [-0.25, -0.2) is 0 Å². The number of aliphatic hydroxyl groups is 1. The first-order chi connectivity index (χ1) is 9.47. The molecule has 2 rings (SSSR count). The highest BCUT2D eigenvalue weighted by Gasteiger charge is 2.44. The number of hydrogen-bond donors (Lipinski definition) is 2. The Labute approximate surface area is 124 Å². The molecule has 0 aromatic carbocycles. The molecule has 0 aromatic heterocycles. The van der Waals surface area contributed by atoms with Crippen LogP contribution in [0.1, 0.15) is 45.4 Å². The van der Waals surface area contributed by atoms with Crippen molar-refractivity contribution in [2.24, 2.45) is 0 Å². The normalized spacial score (nSPS) is 32.9. The number of hydrogen-bond acceptors (Lipinski definition) is 4. The van der Waals surface area contributed by atoms with E-state index in [0.717, 1.165) is 25.9 Å². The molecule has 0 bridgehead atoms. The van der Waals surface area contributed by atoms with Crippen molar-refractivity contribution in [1.29, 1.82) is 0 Å². The molecule has 0 aromatic rings. The third kappa shape index (κ3) is 3.03. The van der Waals surface area contributed by atoms with E-state index in [1.165, 1.54) is 25.7 Å². The highest BCUT2D eigenvalue weighted by atomic mass is 16.3. The van der Waals surface area contributed by atoms with Crippen molar-refractivity contribution in [3.8, 4) is 0 Å². The van der Waals surface area contributed by atoms with Gasteiger partial charge in [0.2, 0.25) is 0 Å². The number of nitrogens with one attached hydrogen (secondary N) is 1. The summed E-state index contributed by atoms with van der Waals surface area (Å²) in [6, 6.07) is 0.610. The Hall–Kier alpha value is -0.160. The van der Waals surface area contributed by atoms with Crippen LogP contribution in [0.25, 0.3) is 0 Å². The zero-order valence-electron chi connectivity index (χ0n) is 13.8. The molecule has 4 nitrogen and oxygen atoms in total. The molecule has 2 aliphatic rings. The van der Waals surface area contributed by atoms with Crippen molar-refractivity contribution in [3.05, 3.63) is 0 Å². The Balaban J connectivity index is 1.92. The van der Waals surface area contributed by atoms with Crippen LogP contribution in [-0.2, 0) is 0 Å². The predicted molar refractivity (Wildman–Crippen MR) is 84.0 cm³/mol. The second-order valence-corrected chi connectivity index (χ2v) is 7.25. The van der Waals surface area contributed by atoms with Crippen LogP contribution in [-0.4, -0.2) is 72.9 Å². The summed E-state index contributed by atoms with van der Waals surface area (Å²) in [5, 5.41) is 13.3. The van der Waals surface area contributed by atoms with Crippen molar-refractivity contribution < 1.29 is 5.11 Å². The fraction of sp³-hybridized carbons (Fsp3) is 1.00. The lowest BCUT2D eigenvalue weighted by Gasteiger charge is -2.50. The first-order valence-corrected chi connectivity index (χ1v) is 8.20. The predicted octanol–water partition coefficient (Wildman–Crippen LogP) is 1.30. The van der Waals surface area contributed by atoms with Gasteiger partial charge in [0.1, 0.15) is 0 Å². The Kier molecular flexibility index (Phi) is 5.11. The van der Waals surface area contributed by atoms with Crippen molar-refractivity contribution in [2.75, 3.05) is 40.8 Å². The second kappa shape index (κ2) is 6.30. The van der Waals surface area contributed by atoms with Crippen LogP contribution < -0.4 is 5.32 Å². The smallest absolute Gasteiger partial charge is 0.0613 e. The minimum absolute atomic E-state index is 0.0292. The van der Waals surface area contributed by atoms with Crippen molar-refractivity contribution in [2.45, 2.75) is 62.6 Å². The third-order valence-electron chi connectivity index (χ3n) is 5.84. The van der Waals surface area contributed by atoms with Gasteiger partial charge in [0.15, 0.2) is 0 Å². The molecule has 0 radical (unpaired) electrons. The number of rotatable bonds is 7. The van der Waals surface area contributed by atoms with Gasteiger partial charge in [-0.05, 0) is 66.2 Å². The quantitative estimate of drug-likeness (QED) is 0.739. The molecule has 0 aliphatic heterocycles. The molecule has 4 heteroatoms. The topological polar surface area (TPSA) is 38.7 Å². The van der Waals surface area contributed by atoms with Crippen LogP contribution in [0.2, 0.25) is 0 Å². The van der Waals surface area contributed by atoms with Crippen LogP contribution in [0.3, 0.4) is 0 Å². The van der Waals surface area contributed by atoms with Gasteiger partial charge in [-0.2, -0.15) is 0 Å². The molecule has 2 fully saturated rings. The third-order valence-corrected chi connectivity index (χ3v) is 5.84. The molecule has 0 amide bonds. The summed E-state index contributed by atoms with van der Waals surface area (Å²) in [6.07, 6.45) is 7.41. The van der Waals surface area contributed by atoms with Gasteiger partial charge in [-0.15, -0.1) is 0 Å². The van der Waals surface area contributed by atoms with Crippen LogP contribution in [0.15, 0.2) is 0 Å². The molecular formula is C16H33N3O. The van der Waals surface area contributed by atoms with E-state index in [9.17, 15) is 5.11 Å². The van der Waals surface area contributed by atoms with Crippen molar-refractivity contribution in [3.63, 3.8) is 0 Å². The maximum absolute atomic E-state index is 9.74. The van der Waals surface area contributed by atoms with Gasteiger partial charge >= 0.3 is 0 Å². The average Bonchev–Trinajstić information content (AvgIpc) is 2.78. The second-order valence-electron chi connectivity index (χ2n) is 7.25. The lowest BCUT2D eigenvalue weighted by molar-refractivity contribution is 0.0152. The van der Waals surface area contributed by atoms with Gasteiger partial charge in [-0.3, -0.25) is 0 Å². The van der Waals surface area contributed by atoms with E-state index in [1.807, 2.05) is 0 Å². The number of likely N-dealkylation sites (N-methyl/N-ethyl adjacent to an activating group) is 3.